The van der Waals surface area contributed by atoms with Gasteiger partial charge in [-0.1, -0.05) is 41.4 Å². The molecule has 0 N–H and O–H groups in total. The van der Waals surface area contributed by atoms with Gasteiger partial charge in [0.15, 0.2) is 0 Å². The number of hydrogen-bond acceptors (Lipinski definition) is 1. The zero-order chi connectivity index (χ0) is 15.0. The highest BCUT2D eigenvalue weighted by Crippen LogP contribution is 2.28. The van der Waals surface area contributed by atoms with Gasteiger partial charge in [-0.05, 0) is 37.6 Å². The van der Waals surface area contributed by atoms with Gasteiger partial charge in [0.1, 0.15) is 5.82 Å². The zero-order valence-corrected chi connectivity index (χ0v) is 13.5. The first-order chi connectivity index (χ1) is 10.1. The minimum atomic E-state index is 0.155. The first-order valence-corrected chi connectivity index (χ1v) is 7.80. The number of hydrogen-bond donors (Lipinski definition) is 0. The molecular formula is C17H16Cl2N2. The largest absolute Gasteiger partial charge is 0.320 e. The summed E-state index contributed by atoms with van der Waals surface area (Å²) < 4.78 is 2.17. The molecule has 21 heavy (non-hydrogen) atoms. The molecule has 0 aliphatic carbocycles. The molecule has 2 aromatic carbocycles. The summed E-state index contributed by atoms with van der Waals surface area (Å²) in [5, 5.41) is 0.709. The highest BCUT2D eigenvalue weighted by molar-refractivity contribution is 6.31. The van der Waals surface area contributed by atoms with Crippen LogP contribution in [0.5, 0.6) is 0 Å². The van der Waals surface area contributed by atoms with E-state index in [0.29, 0.717) is 10.9 Å². The third-order valence-electron chi connectivity index (χ3n) is 3.79. The Morgan fingerprint density at radius 2 is 1.86 bits per heavy atom. The van der Waals surface area contributed by atoms with Crippen molar-refractivity contribution in [2.24, 2.45) is 0 Å². The second kappa shape index (κ2) is 5.70. The molecule has 1 heterocycles. The minimum absolute atomic E-state index is 0.155. The molecule has 0 saturated heterocycles. The number of nitrogens with zero attached hydrogens (tertiary/aromatic N) is 2. The molecular weight excluding hydrogens is 303 g/mol. The Balaban J connectivity index is 2.17. The highest BCUT2D eigenvalue weighted by Gasteiger charge is 2.17. The van der Waals surface area contributed by atoms with Crippen molar-refractivity contribution in [2.75, 3.05) is 0 Å². The van der Waals surface area contributed by atoms with E-state index in [1.54, 1.807) is 0 Å². The summed E-state index contributed by atoms with van der Waals surface area (Å²) in [5.41, 5.74) is 4.42. The Bertz CT molecular complexity index is 775. The minimum Gasteiger partial charge on any atom is -0.320 e. The van der Waals surface area contributed by atoms with Crippen molar-refractivity contribution in [1.29, 1.82) is 0 Å². The van der Waals surface area contributed by atoms with Gasteiger partial charge < -0.3 is 4.57 Å². The smallest absolute Gasteiger partial charge is 0.125 e. The lowest BCUT2D eigenvalue weighted by Gasteiger charge is -2.18. The van der Waals surface area contributed by atoms with E-state index in [1.807, 2.05) is 18.2 Å². The first kappa shape index (κ1) is 14.4. The molecule has 1 atom stereocenters. The molecule has 0 radical (unpaired) electrons. The number of benzene rings is 2. The molecule has 0 spiro atoms. The maximum Gasteiger partial charge on any atom is 0.125 e. The molecule has 4 heteroatoms. The van der Waals surface area contributed by atoms with Crippen LogP contribution in [0, 0.1) is 6.92 Å². The van der Waals surface area contributed by atoms with Crippen LogP contribution in [0.1, 0.15) is 29.9 Å². The predicted octanol–water partition coefficient (Wildman–Crippen LogP) is 5.35. The molecule has 0 aliphatic heterocycles. The van der Waals surface area contributed by atoms with Gasteiger partial charge in [0.05, 0.1) is 23.0 Å². The second-order valence-electron chi connectivity index (χ2n) is 5.25. The van der Waals surface area contributed by atoms with E-state index in [4.69, 9.17) is 23.2 Å². The molecule has 0 saturated carbocycles. The van der Waals surface area contributed by atoms with E-state index >= 15 is 0 Å². The van der Waals surface area contributed by atoms with Crippen molar-refractivity contribution in [3.05, 3.63) is 64.4 Å². The van der Waals surface area contributed by atoms with Crippen molar-refractivity contribution in [1.82, 2.24) is 9.55 Å². The fourth-order valence-electron chi connectivity index (χ4n) is 2.64. The van der Waals surface area contributed by atoms with Gasteiger partial charge in [0.2, 0.25) is 0 Å². The van der Waals surface area contributed by atoms with Gasteiger partial charge in [-0.25, -0.2) is 4.98 Å². The second-order valence-corrected chi connectivity index (χ2v) is 5.96. The Labute approximate surface area is 134 Å². The summed E-state index contributed by atoms with van der Waals surface area (Å²) in [5.74, 6) is 1.24. The Kier molecular flexibility index (Phi) is 3.92. The number of alkyl halides is 1. The average Bonchev–Trinajstić information content (AvgIpc) is 2.85. The molecule has 1 unspecified atom stereocenters. The Hall–Kier alpha value is -1.51. The summed E-state index contributed by atoms with van der Waals surface area (Å²) in [4.78, 5) is 4.61. The van der Waals surface area contributed by atoms with Crippen LogP contribution in [0.2, 0.25) is 5.02 Å². The topological polar surface area (TPSA) is 17.8 Å². The van der Waals surface area contributed by atoms with E-state index in [9.17, 15) is 0 Å². The number of imidazole rings is 1. The molecule has 0 aliphatic rings. The lowest BCUT2D eigenvalue weighted by Crippen LogP contribution is -2.09. The van der Waals surface area contributed by atoms with Gasteiger partial charge in [0.25, 0.3) is 0 Å². The molecule has 2 nitrogen and oxygen atoms in total. The van der Waals surface area contributed by atoms with Crippen molar-refractivity contribution in [3.8, 4) is 0 Å². The number of aromatic nitrogens is 2. The maximum atomic E-state index is 6.14. The van der Waals surface area contributed by atoms with Crippen molar-refractivity contribution in [3.63, 3.8) is 0 Å². The van der Waals surface area contributed by atoms with Crippen LogP contribution in [-0.4, -0.2) is 9.55 Å². The van der Waals surface area contributed by atoms with E-state index < -0.39 is 0 Å². The van der Waals surface area contributed by atoms with E-state index in [1.165, 1.54) is 11.1 Å². The number of halogens is 2. The van der Waals surface area contributed by atoms with Crippen LogP contribution in [0.25, 0.3) is 11.0 Å². The van der Waals surface area contributed by atoms with Crippen molar-refractivity contribution in [2.45, 2.75) is 25.8 Å². The molecule has 0 fully saturated rings. The first-order valence-electron chi connectivity index (χ1n) is 6.89. The van der Waals surface area contributed by atoms with Crippen LogP contribution >= 0.6 is 23.2 Å². The van der Waals surface area contributed by atoms with Crippen LogP contribution in [0.15, 0.2) is 42.5 Å². The van der Waals surface area contributed by atoms with Gasteiger partial charge in [0, 0.05) is 5.02 Å². The number of aryl methyl sites for hydroxylation is 1. The SMILES string of the molecule is Cc1ccc(C(C)n2c(CCl)nc3ccc(Cl)cc32)cc1. The average molecular weight is 319 g/mol. The molecule has 3 rings (SSSR count). The summed E-state index contributed by atoms with van der Waals surface area (Å²) in [7, 11) is 0. The van der Waals surface area contributed by atoms with Crippen molar-refractivity contribution < 1.29 is 0 Å². The van der Waals surface area contributed by atoms with E-state index in [-0.39, 0.29) is 6.04 Å². The summed E-state index contributed by atoms with van der Waals surface area (Å²) in [6, 6.07) is 14.4. The lowest BCUT2D eigenvalue weighted by molar-refractivity contribution is 0.634. The van der Waals surface area contributed by atoms with Gasteiger partial charge in [-0.15, -0.1) is 11.6 Å². The zero-order valence-electron chi connectivity index (χ0n) is 12.0. The molecule has 3 aromatic rings. The van der Waals surface area contributed by atoms with Crippen molar-refractivity contribution >= 4 is 34.2 Å². The third-order valence-corrected chi connectivity index (χ3v) is 4.27. The van der Waals surface area contributed by atoms with Gasteiger partial charge in [-0.2, -0.15) is 0 Å². The fraction of sp³-hybridized carbons (Fsp3) is 0.235. The van der Waals surface area contributed by atoms with Crippen LogP contribution in [0.4, 0.5) is 0 Å². The standard InChI is InChI=1S/C17H16Cl2N2/c1-11-3-5-13(6-4-11)12(2)21-16-9-14(19)7-8-15(16)20-17(21)10-18/h3-9,12H,10H2,1-2H3. The summed E-state index contributed by atoms with van der Waals surface area (Å²) >= 11 is 12.2. The van der Waals surface area contributed by atoms with Gasteiger partial charge in [-0.3, -0.25) is 0 Å². The fourth-order valence-corrected chi connectivity index (χ4v) is 2.99. The predicted molar refractivity (Wildman–Crippen MR) is 89.3 cm³/mol. The summed E-state index contributed by atoms with van der Waals surface area (Å²) in [6.07, 6.45) is 0. The molecule has 108 valence electrons. The van der Waals surface area contributed by atoms with Gasteiger partial charge >= 0.3 is 0 Å². The molecule has 0 amide bonds. The Morgan fingerprint density at radius 3 is 2.52 bits per heavy atom. The van der Waals surface area contributed by atoms with Crippen LogP contribution in [0.3, 0.4) is 0 Å². The number of rotatable bonds is 3. The lowest BCUT2D eigenvalue weighted by atomic mass is 10.1. The van der Waals surface area contributed by atoms with Crippen LogP contribution < -0.4 is 0 Å². The highest BCUT2D eigenvalue weighted by atomic mass is 35.5. The van der Waals surface area contributed by atoms with Crippen LogP contribution in [-0.2, 0) is 5.88 Å². The monoisotopic (exact) mass is 318 g/mol. The normalized spacial score (nSPS) is 12.8. The summed E-state index contributed by atoms with van der Waals surface area (Å²) in [6.45, 7) is 4.24. The maximum absolute atomic E-state index is 6.14. The Morgan fingerprint density at radius 1 is 1.14 bits per heavy atom. The molecule has 0 bridgehead atoms. The third kappa shape index (κ3) is 2.66. The van der Waals surface area contributed by atoms with E-state index in [2.05, 4.69) is 47.7 Å². The van der Waals surface area contributed by atoms with E-state index in [0.717, 1.165) is 16.9 Å². The quantitative estimate of drug-likeness (QED) is 0.595. The molecule has 1 aromatic heterocycles. The number of fused-ring (bicyclic) bond motifs is 1.